The zero-order valence-corrected chi connectivity index (χ0v) is 13.4. The SMILES string of the molecule is O=C(Nc1cccc(Br)c1)c1nnc(-c2ccc(Cl)cc2)o1. The summed E-state index contributed by atoms with van der Waals surface area (Å²) in [4.78, 5) is 12.1. The van der Waals surface area contributed by atoms with Crippen LogP contribution in [0.25, 0.3) is 11.5 Å². The van der Waals surface area contributed by atoms with E-state index in [-0.39, 0.29) is 11.8 Å². The second kappa shape index (κ2) is 6.29. The summed E-state index contributed by atoms with van der Waals surface area (Å²) >= 11 is 9.16. The second-order valence-electron chi connectivity index (χ2n) is 4.38. The second-order valence-corrected chi connectivity index (χ2v) is 5.74. The van der Waals surface area contributed by atoms with Crippen molar-refractivity contribution < 1.29 is 9.21 Å². The molecule has 1 aromatic heterocycles. The number of carbonyl (C=O) groups is 1. The maximum Gasteiger partial charge on any atom is 0.313 e. The Kier molecular flexibility index (Phi) is 4.22. The predicted molar refractivity (Wildman–Crippen MR) is 86.8 cm³/mol. The minimum absolute atomic E-state index is 0.107. The van der Waals surface area contributed by atoms with Crippen LogP contribution in [0.4, 0.5) is 5.69 Å². The zero-order chi connectivity index (χ0) is 15.5. The normalized spacial score (nSPS) is 10.5. The Labute approximate surface area is 139 Å². The van der Waals surface area contributed by atoms with Crippen molar-refractivity contribution in [3.63, 3.8) is 0 Å². The Morgan fingerprint density at radius 2 is 1.91 bits per heavy atom. The lowest BCUT2D eigenvalue weighted by atomic mass is 10.2. The van der Waals surface area contributed by atoms with Gasteiger partial charge in [-0.25, -0.2) is 0 Å². The van der Waals surface area contributed by atoms with E-state index in [4.69, 9.17) is 16.0 Å². The maximum absolute atomic E-state index is 12.1. The van der Waals surface area contributed by atoms with Gasteiger partial charge in [0, 0.05) is 20.7 Å². The first kappa shape index (κ1) is 14.7. The van der Waals surface area contributed by atoms with E-state index in [1.807, 2.05) is 12.1 Å². The van der Waals surface area contributed by atoms with Gasteiger partial charge in [-0.2, -0.15) is 0 Å². The summed E-state index contributed by atoms with van der Waals surface area (Å²) in [5.41, 5.74) is 1.32. The number of hydrogen-bond donors (Lipinski definition) is 1. The minimum Gasteiger partial charge on any atom is -0.412 e. The maximum atomic E-state index is 12.1. The lowest BCUT2D eigenvalue weighted by Gasteiger charge is -2.02. The fourth-order valence-electron chi connectivity index (χ4n) is 1.77. The van der Waals surface area contributed by atoms with Crippen molar-refractivity contribution in [3.8, 4) is 11.5 Å². The molecule has 0 atom stereocenters. The van der Waals surface area contributed by atoms with Gasteiger partial charge in [0.05, 0.1) is 0 Å². The van der Waals surface area contributed by atoms with Crippen molar-refractivity contribution in [1.29, 1.82) is 0 Å². The van der Waals surface area contributed by atoms with Gasteiger partial charge < -0.3 is 9.73 Å². The van der Waals surface area contributed by atoms with Gasteiger partial charge in [-0.1, -0.05) is 33.6 Å². The number of aromatic nitrogens is 2. The third-order valence-electron chi connectivity index (χ3n) is 2.79. The van der Waals surface area contributed by atoms with Crippen molar-refractivity contribution in [2.75, 3.05) is 5.32 Å². The van der Waals surface area contributed by atoms with Crippen molar-refractivity contribution in [2.45, 2.75) is 0 Å². The van der Waals surface area contributed by atoms with E-state index < -0.39 is 5.91 Å². The molecule has 1 heterocycles. The third-order valence-corrected chi connectivity index (χ3v) is 3.54. The summed E-state index contributed by atoms with van der Waals surface area (Å²) in [5, 5.41) is 10.9. The lowest BCUT2D eigenvalue weighted by molar-refractivity contribution is 0.0991. The molecule has 0 aliphatic heterocycles. The standard InChI is InChI=1S/C15H9BrClN3O2/c16-10-2-1-3-12(8-10)18-13(21)15-20-19-14(22-15)9-4-6-11(17)7-5-9/h1-8H,(H,18,21). The fraction of sp³-hybridized carbons (Fsp3) is 0. The molecule has 5 nitrogen and oxygen atoms in total. The topological polar surface area (TPSA) is 68.0 Å². The van der Waals surface area contributed by atoms with Crippen LogP contribution in [-0.4, -0.2) is 16.1 Å². The molecule has 0 unspecified atom stereocenters. The Hall–Kier alpha value is -2.18. The fourth-order valence-corrected chi connectivity index (χ4v) is 2.30. The van der Waals surface area contributed by atoms with Crippen LogP contribution in [0.1, 0.15) is 10.7 Å². The number of benzene rings is 2. The molecule has 110 valence electrons. The van der Waals surface area contributed by atoms with E-state index in [1.54, 1.807) is 36.4 Å². The van der Waals surface area contributed by atoms with Crippen LogP contribution in [-0.2, 0) is 0 Å². The molecule has 0 saturated carbocycles. The van der Waals surface area contributed by atoms with Crippen LogP contribution in [0.2, 0.25) is 5.02 Å². The van der Waals surface area contributed by atoms with Gasteiger partial charge >= 0.3 is 11.8 Å². The highest BCUT2D eigenvalue weighted by Gasteiger charge is 2.16. The third kappa shape index (κ3) is 3.35. The van der Waals surface area contributed by atoms with E-state index in [9.17, 15) is 4.79 Å². The molecule has 7 heteroatoms. The number of hydrogen-bond acceptors (Lipinski definition) is 4. The number of nitrogens with zero attached hydrogens (tertiary/aromatic N) is 2. The number of nitrogens with one attached hydrogen (secondary N) is 1. The Balaban J connectivity index is 1.78. The first-order valence-electron chi connectivity index (χ1n) is 6.28. The molecule has 0 fully saturated rings. The van der Waals surface area contributed by atoms with Crippen LogP contribution >= 0.6 is 27.5 Å². The lowest BCUT2D eigenvalue weighted by Crippen LogP contribution is -2.12. The first-order valence-corrected chi connectivity index (χ1v) is 7.45. The van der Waals surface area contributed by atoms with Gasteiger partial charge in [0.1, 0.15) is 0 Å². The van der Waals surface area contributed by atoms with E-state index in [0.717, 1.165) is 4.47 Å². The monoisotopic (exact) mass is 377 g/mol. The Morgan fingerprint density at radius 3 is 2.64 bits per heavy atom. The first-order chi connectivity index (χ1) is 10.6. The molecule has 0 aliphatic carbocycles. The largest absolute Gasteiger partial charge is 0.412 e. The van der Waals surface area contributed by atoms with Gasteiger partial charge in [-0.3, -0.25) is 4.79 Å². The number of rotatable bonds is 3. The van der Waals surface area contributed by atoms with Crippen LogP contribution in [0.15, 0.2) is 57.4 Å². The average Bonchev–Trinajstić information content (AvgIpc) is 2.98. The molecule has 0 radical (unpaired) electrons. The van der Waals surface area contributed by atoms with Gasteiger partial charge in [-0.15, -0.1) is 10.2 Å². The van der Waals surface area contributed by atoms with Crippen LogP contribution in [0, 0.1) is 0 Å². The quantitative estimate of drug-likeness (QED) is 0.733. The zero-order valence-electron chi connectivity index (χ0n) is 11.1. The van der Waals surface area contributed by atoms with Crippen LogP contribution in [0.5, 0.6) is 0 Å². The van der Waals surface area contributed by atoms with Gasteiger partial charge in [0.15, 0.2) is 0 Å². The molecule has 0 aliphatic rings. The molecule has 0 saturated heterocycles. The summed E-state index contributed by atoms with van der Waals surface area (Å²) in [6.07, 6.45) is 0. The molecule has 3 rings (SSSR count). The van der Waals surface area contributed by atoms with E-state index in [0.29, 0.717) is 16.3 Å². The summed E-state index contributed by atoms with van der Waals surface area (Å²) in [6, 6.07) is 14.1. The number of amides is 1. The molecular formula is C15H9BrClN3O2. The summed E-state index contributed by atoms with van der Waals surface area (Å²) < 4.78 is 6.24. The minimum atomic E-state index is -0.467. The number of halogens is 2. The summed E-state index contributed by atoms with van der Waals surface area (Å²) in [7, 11) is 0. The van der Waals surface area contributed by atoms with E-state index >= 15 is 0 Å². The Morgan fingerprint density at radius 1 is 1.14 bits per heavy atom. The van der Waals surface area contributed by atoms with Crippen molar-refractivity contribution in [1.82, 2.24) is 10.2 Å². The summed E-state index contributed by atoms with van der Waals surface area (Å²) in [5.74, 6) is -0.313. The molecule has 2 aromatic carbocycles. The molecule has 22 heavy (non-hydrogen) atoms. The molecule has 0 spiro atoms. The van der Waals surface area contributed by atoms with Crippen LogP contribution in [0.3, 0.4) is 0 Å². The smallest absolute Gasteiger partial charge is 0.313 e. The van der Waals surface area contributed by atoms with Crippen LogP contribution < -0.4 is 5.32 Å². The van der Waals surface area contributed by atoms with Gasteiger partial charge in [-0.05, 0) is 42.5 Å². The Bertz CT molecular complexity index is 818. The molecule has 3 aromatic rings. The highest BCUT2D eigenvalue weighted by atomic mass is 79.9. The molecule has 0 bridgehead atoms. The highest BCUT2D eigenvalue weighted by Crippen LogP contribution is 2.21. The van der Waals surface area contributed by atoms with Gasteiger partial charge in [0.2, 0.25) is 5.89 Å². The van der Waals surface area contributed by atoms with E-state index in [2.05, 4.69) is 31.4 Å². The molecular weight excluding hydrogens is 370 g/mol. The van der Waals surface area contributed by atoms with Crippen molar-refractivity contribution in [3.05, 3.63) is 63.9 Å². The van der Waals surface area contributed by atoms with Crippen molar-refractivity contribution in [2.24, 2.45) is 0 Å². The average molecular weight is 379 g/mol. The van der Waals surface area contributed by atoms with Crippen molar-refractivity contribution >= 4 is 39.1 Å². The summed E-state index contributed by atoms with van der Waals surface area (Å²) in [6.45, 7) is 0. The van der Waals surface area contributed by atoms with Gasteiger partial charge in [0.25, 0.3) is 0 Å². The number of anilines is 1. The highest BCUT2D eigenvalue weighted by molar-refractivity contribution is 9.10. The molecule has 1 N–H and O–H groups in total. The molecule has 1 amide bonds. The van der Waals surface area contributed by atoms with E-state index in [1.165, 1.54) is 0 Å². The predicted octanol–water partition coefficient (Wildman–Crippen LogP) is 4.40. The number of carbonyl (C=O) groups excluding carboxylic acids is 1.